The van der Waals surface area contributed by atoms with Crippen molar-refractivity contribution in [3.63, 3.8) is 0 Å². The minimum absolute atomic E-state index is 0.0268. The minimum atomic E-state index is -0.718. The number of carbonyl (C=O) groups excluding carboxylic acids is 1. The van der Waals surface area contributed by atoms with Crippen LogP contribution >= 0.6 is 0 Å². The first kappa shape index (κ1) is 17.8. The first-order valence-electron chi connectivity index (χ1n) is 8.82. The lowest BCUT2D eigenvalue weighted by Crippen LogP contribution is -2.51. The van der Waals surface area contributed by atoms with E-state index in [1.165, 1.54) is 0 Å². The lowest BCUT2D eigenvalue weighted by atomic mass is 9.77. The number of carbonyl (C=O) groups is 1. The first-order chi connectivity index (χ1) is 13.0. The molecule has 0 bridgehead atoms. The minimum Gasteiger partial charge on any atom is -0.444 e. The molecule has 1 aromatic rings. The van der Waals surface area contributed by atoms with E-state index in [4.69, 9.17) is 15.0 Å². The van der Waals surface area contributed by atoms with Crippen LogP contribution in [0.3, 0.4) is 0 Å². The molecule has 3 saturated heterocycles. The maximum absolute atomic E-state index is 14.7. The Bertz CT molecular complexity index is 777. The predicted octanol–water partition coefficient (Wildman–Crippen LogP) is 3.22. The average Bonchev–Trinajstić information content (AvgIpc) is 2.99. The highest BCUT2D eigenvalue weighted by atomic mass is 19.1. The Morgan fingerprint density at radius 1 is 1.26 bits per heavy atom. The number of hydrogen-bond acceptors (Lipinski definition) is 5. The number of halogens is 2. The molecule has 3 aliphatic heterocycles. The number of anilines is 2. The zero-order chi connectivity index (χ0) is 19.0. The number of benzene rings is 1. The Kier molecular flexibility index (Phi) is 4.53. The fraction of sp³-hybridized carbons (Fsp3) is 0.588. The van der Waals surface area contributed by atoms with Crippen LogP contribution in [0.1, 0.15) is 12.8 Å². The fourth-order valence-electron chi connectivity index (χ4n) is 3.85. The van der Waals surface area contributed by atoms with Crippen LogP contribution in [0.5, 0.6) is 0 Å². The number of amides is 1. The molecule has 1 amide bonds. The Balaban J connectivity index is 1.50. The molecule has 3 heterocycles. The molecule has 3 aliphatic rings. The van der Waals surface area contributed by atoms with Crippen molar-refractivity contribution in [1.82, 2.24) is 0 Å². The third kappa shape index (κ3) is 3.26. The van der Waals surface area contributed by atoms with Gasteiger partial charge in [0.25, 0.3) is 0 Å². The summed E-state index contributed by atoms with van der Waals surface area (Å²) in [6.45, 7) is 2.62. The smallest absolute Gasteiger partial charge is 0.414 e. The van der Waals surface area contributed by atoms with Crippen molar-refractivity contribution in [3.05, 3.63) is 34.2 Å². The number of ether oxygens (including phenoxy) is 2. The molecule has 1 spiro atoms. The van der Waals surface area contributed by atoms with Crippen molar-refractivity contribution in [1.29, 1.82) is 0 Å². The second-order valence-corrected chi connectivity index (χ2v) is 7.27. The van der Waals surface area contributed by atoms with E-state index < -0.39 is 23.8 Å². The molecule has 0 radical (unpaired) electrons. The van der Waals surface area contributed by atoms with Crippen LogP contribution in [0, 0.1) is 17.0 Å². The highest BCUT2D eigenvalue weighted by Crippen LogP contribution is 2.41. The predicted molar refractivity (Wildman–Crippen MR) is 92.7 cm³/mol. The Morgan fingerprint density at radius 2 is 1.93 bits per heavy atom. The molecule has 0 N–H and O–H groups in total. The van der Waals surface area contributed by atoms with Gasteiger partial charge in [-0.2, -0.15) is 0 Å². The second kappa shape index (κ2) is 6.86. The topological polar surface area (TPSA) is 90.8 Å². The second-order valence-electron chi connectivity index (χ2n) is 7.27. The monoisotopic (exact) mass is 379 g/mol. The fourth-order valence-corrected chi connectivity index (χ4v) is 3.85. The van der Waals surface area contributed by atoms with Crippen LogP contribution in [0.4, 0.5) is 25.0 Å². The zero-order valence-electron chi connectivity index (χ0n) is 14.6. The van der Waals surface area contributed by atoms with Crippen LogP contribution in [0.25, 0.3) is 10.4 Å². The van der Waals surface area contributed by atoms with Gasteiger partial charge in [-0.15, -0.1) is 0 Å². The molecule has 1 aromatic carbocycles. The molecule has 0 aromatic heterocycles. The number of piperidine rings is 1. The van der Waals surface area contributed by atoms with Crippen LogP contribution in [0.2, 0.25) is 0 Å². The number of rotatable bonds is 4. The van der Waals surface area contributed by atoms with Crippen molar-refractivity contribution in [2.75, 3.05) is 49.2 Å². The summed E-state index contributed by atoms with van der Waals surface area (Å²) in [6, 6.07) is 2.29. The van der Waals surface area contributed by atoms with Crippen LogP contribution < -0.4 is 9.80 Å². The SMILES string of the molecule is [N-]=[N+]=NCC1CN(c2cc(F)c(N3CCC4(CC3)COC4)c(F)c2)C(=O)O1. The van der Waals surface area contributed by atoms with Gasteiger partial charge in [0.1, 0.15) is 11.8 Å². The van der Waals surface area contributed by atoms with Crippen molar-refractivity contribution >= 4 is 17.5 Å². The Hall–Kier alpha value is -2.58. The highest BCUT2D eigenvalue weighted by molar-refractivity contribution is 5.90. The van der Waals surface area contributed by atoms with Crippen molar-refractivity contribution < 1.29 is 23.0 Å². The van der Waals surface area contributed by atoms with Gasteiger partial charge >= 0.3 is 6.09 Å². The highest BCUT2D eigenvalue weighted by Gasteiger charge is 2.42. The summed E-state index contributed by atoms with van der Waals surface area (Å²) in [4.78, 5) is 17.4. The first-order valence-corrected chi connectivity index (χ1v) is 8.82. The molecule has 1 unspecified atom stereocenters. The third-order valence-corrected chi connectivity index (χ3v) is 5.49. The lowest BCUT2D eigenvalue weighted by molar-refractivity contribution is -0.124. The molecule has 1 atom stereocenters. The van der Waals surface area contributed by atoms with Gasteiger partial charge < -0.3 is 14.4 Å². The molecule has 8 nitrogen and oxygen atoms in total. The van der Waals surface area contributed by atoms with Gasteiger partial charge in [-0.3, -0.25) is 4.90 Å². The number of nitrogens with zero attached hydrogens (tertiary/aromatic N) is 5. The molecular weight excluding hydrogens is 360 g/mol. The summed E-state index contributed by atoms with van der Waals surface area (Å²) >= 11 is 0. The van der Waals surface area contributed by atoms with Crippen molar-refractivity contribution in [3.8, 4) is 0 Å². The summed E-state index contributed by atoms with van der Waals surface area (Å²) in [6.07, 6.45) is 0.326. The molecule has 3 fully saturated rings. The van der Waals surface area contributed by atoms with Gasteiger partial charge in [-0.25, -0.2) is 13.6 Å². The Labute approximate surface area is 154 Å². The molecule has 0 aliphatic carbocycles. The van der Waals surface area contributed by atoms with Gasteiger partial charge in [-0.1, -0.05) is 5.11 Å². The summed E-state index contributed by atoms with van der Waals surface area (Å²) in [7, 11) is 0. The summed E-state index contributed by atoms with van der Waals surface area (Å²) in [5.74, 6) is -1.42. The third-order valence-electron chi connectivity index (χ3n) is 5.49. The molecule has 0 saturated carbocycles. The van der Waals surface area contributed by atoms with E-state index in [0.717, 1.165) is 43.1 Å². The normalized spacial score (nSPS) is 23.8. The van der Waals surface area contributed by atoms with Gasteiger partial charge in [0, 0.05) is 35.5 Å². The molecular formula is C17H19F2N5O3. The van der Waals surface area contributed by atoms with Crippen molar-refractivity contribution in [2.24, 2.45) is 10.5 Å². The van der Waals surface area contributed by atoms with Crippen LogP contribution in [-0.4, -0.2) is 51.6 Å². The van der Waals surface area contributed by atoms with Crippen molar-refractivity contribution in [2.45, 2.75) is 18.9 Å². The van der Waals surface area contributed by atoms with E-state index in [0.29, 0.717) is 13.1 Å². The van der Waals surface area contributed by atoms with E-state index in [1.807, 2.05) is 0 Å². The van der Waals surface area contributed by atoms with Crippen LogP contribution in [-0.2, 0) is 9.47 Å². The molecule has 4 rings (SSSR count). The number of hydrogen-bond donors (Lipinski definition) is 0. The van der Waals surface area contributed by atoms with Gasteiger partial charge in [-0.05, 0) is 18.4 Å². The maximum atomic E-state index is 14.7. The van der Waals surface area contributed by atoms with Gasteiger partial charge in [0.2, 0.25) is 0 Å². The lowest BCUT2D eigenvalue weighted by Gasteiger charge is -2.47. The molecule has 27 heavy (non-hydrogen) atoms. The standard InChI is InChI=1S/C17H19F2N5O3/c18-13-5-11(24-8-12(7-21-22-20)27-16(24)25)6-14(19)15(13)23-3-1-17(2-4-23)9-26-10-17/h5-6,12H,1-4,7-10H2. The molecule has 144 valence electrons. The summed E-state index contributed by atoms with van der Waals surface area (Å²) in [5, 5.41) is 3.36. The number of azide groups is 1. The van der Waals surface area contributed by atoms with Gasteiger partial charge in [0.05, 0.1) is 32.0 Å². The largest absolute Gasteiger partial charge is 0.444 e. The van der Waals surface area contributed by atoms with E-state index in [2.05, 4.69) is 10.0 Å². The number of cyclic esters (lactones) is 1. The quantitative estimate of drug-likeness (QED) is 0.456. The van der Waals surface area contributed by atoms with Gasteiger partial charge in [0.15, 0.2) is 11.6 Å². The van der Waals surface area contributed by atoms with E-state index in [-0.39, 0.29) is 29.9 Å². The molecule has 10 heteroatoms. The Morgan fingerprint density at radius 3 is 2.48 bits per heavy atom. The zero-order valence-corrected chi connectivity index (χ0v) is 14.6. The maximum Gasteiger partial charge on any atom is 0.414 e. The summed E-state index contributed by atoms with van der Waals surface area (Å²) < 4.78 is 39.8. The average molecular weight is 379 g/mol. The van der Waals surface area contributed by atoms with E-state index >= 15 is 0 Å². The van der Waals surface area contributed by atoms with Crippen LogP contribution in [0.15, 0.2) is 17.2 Å². The van der Waals surface area contributed by atoms with E-state index in [9.17, 15) is 13.6 Å². The van der Waals surface area contributed by atoms with E-state index in [1.54, 1.807) is 4.90 Å². The summed E-state index contributed by atoms with van der Waals surface area (Å²) in [5.41, 5.74) is 8.54.